The average molecular weight is 270 g/mol. The van der Waals surface area contributed by atoms with Gasteiger partial charge in [0.1, 0.15) is 11.3 Å². The first-order chi connectivity index (χ1) is 9.63. The molecular formula is C14H10N2O4. The second-order valence-corrected chi connectivity index (χ2v) is 4.24. The Morgan fingerprint density at radius 2 is 2.25 bits per heavy atom. The number of rotatable bonds is 2. The van der Waals surface area contributed by atoms with Crippen molar-refractivity contribution in [3.05, 3.63) is 46.4 Å². The molecule has 3 aromatic rings. The molecule has 0 aliphatic heterocycles. The standard InChI is InChI=1S/C14H10N2O4/c1-20-9-5-7-3-2-4-15-11(7)12-10(9)13(17)8(6-16-12)14(18)19/h2-6H,1H3,(H,16,17)(H,18,19). The maximum absolute atomic E-state index is 12.3. The molecule has 0 amide bonds. The first-order valence-corrected chi connectivity index (χ1v) is 5.84. The molecule has 0 aliphatic carbocycles. The summed E-state index contributed by atoms with van der Waals surface area (Å²) in [6.45, 7) is 0. The molecule has 0 atom stereocenters. The monoisotopic (exact) mass is 270 g/mol. The lowest BCUT2D eigenvalue weighted by molar-refractivity contribution is 0.0695. The minimum absolute atomic E-state index is 0.193. The summed E-state index contributed by atoms with van der Waals surface area (Å²) >= 11 is 0. The fourth-order valence-corrected chi connectivity index (χ4v) is 2.23. The number of methoxy groups -OCH3 is 1. The third-order valence-corrected chi connectivity index (χ3v) is 3.14. The Bertz CT molecular complexity index is 899. The van der Waals surface area contributed by atoms with Gasteiger partial charge >= 0.3 is 5.97 Å². The number of aromatic nitrogens is 2. The zero-order valence-corrected chi connectivity index (χ0v) is 10.5. The van der Waals surface area contributed by atoms with Gasteiger partial charge in [-0.2, -0.15) is 0 Å². The van der Waals surface area contributed by atoms with Gasteiger partial charge in [-0.1, -0.05) is 6.07 Å². The fraction of sp³-hybridized carbons (Fsp3) is 0.0714. The van der Waals surface area contributed by atoms with Crippen LogP contribution in [0.1, 0.15) is 10.4 Å². The van der Waals surface area contributed by atoms with Crippen LogP contribution in [0.25, 0.3) is 21.8 Å². The van der Waals surface area contributed by atoms with E-state index in [0.29, 0.717) is 16.8 Å². The van der Waals surface area contributed by atoms with Gasteiger partial charge in [0.2, 0.25) is 5.43 Å². The van der Waals surface area contributed by atoms with Gasteiger partial charge in [0.25, 0.3) is 0 Å². The van der Waals surface area contributed by atoms with Gasteiger partial charge in [0, 0.05) is 17.8 Å². The molecule has 0 bridgehead atoms. The largest absolute Gasteiger partial charge is 0.496 e. The third-order valence-electron chi connectivity index (χ3n) is 3.14. The molecule has 0 unspecified atom stereocenters. The third kappa shape index (κ3) is 1.62. The zero-order valence-electron chi connectivity index (χ0n) is 10.5. The number of carboxylic acids is 1. The van der Waals surface area contributed by atoms with Crippen molar-refractivity contribution in [2.45, 2.75) is 0 Å². The normalized spacial score (nSPS) is 10.8. The van der Waals surface area contributed by atoms with Gasteiger partial charge < -0.3 is 14.8 Å². The van der Waals surface area contributed by atoms with E-state index >= 15 is 0 Å². The summed E-state index contributed by atoms with van der Waals surface area (Å²) < 4.78 is 5.21. The van der Waals surface area contributed by atoms with E-state index in [1.54, 1.807) is 18.3 Å². The molecule has 2 heterocycles. The molecule has 0 saturated carbocycles. The number of carbonyl (C=O) groups is 1. The van der Waals surface area contributed by atoms with E-state index in [0.717, 1.165) is 5.39 Å². The van der Waals surface area contributed by atoms with E-state index in [1.165, 1.54) is 13.3 Å². The van der Waals surface area contributed by atoms with E-state index in [1.807, 2.05) is 6.07 Å². The van der Waals surface area contributed by atoms with Crippen LogP contribution >= 0.6 is 0 Å². The maximum atomic E-state index is 12.3. The van der Waals surface area contributed by atoms with E-state index < -0.39 is 11.4 Å². The topological polar surface area (TPSA) is 92.3 Å². The SMILES string of the molecule is COc1cc2cccnc2c2[nH]cc(C(=O)O)c(=O)c12. The predicted octanol–water partition coefficient (Wildman–Crippen LogP) is 1.78. The van der Waals surface area contributed by atoms with Crippen LogP contribution in [0.5, 0.6) is 5.75 Å². The molecule has 100 valence electrons. The van der Waals surface area contributed by atoms with Crippen LogP contribution in [-0.4, -0.2) is 28.2 Å². The summed E-state index contributed by atoms with van der Waals surface area (Å²) in [6, 6.07) is 5.29. The molecule has 2 aromatic heterocycles. The highest BCUT2D eigenvalue weighted by Crippen LogP contribution is 2.28. The van der Waals surface area contributed by atoms with Crippen LogP contribution in [0.15, 0.2) is 35.4 Å². The van der Waals surface area contributed by atoms with Gasteiger partial charge in [-0.25, -0.2) is 4.79 Å². The fourth-order valence-electron chi connectivity index (χ4n) is 2.23. The highest BCUT2D eigenvalue weighted by molar-refractivity contribution is 6.07. The lowest BCUT2D eigenvalue weighted by Crippen LogP contribution is -2.16. The van der Waals surface area contributed by atoms with E-state index in [-0.39, 0.29) is 10.9 Å². The van der Waals surface area contributed by atoms with Crippen LogP contribution in [0.3, 0.4) is 0 Å². The Balaban J connectivity index is 2.58. The Morgan fingerprint density at radius 3 is 2.95 bits per heavy atom. The number of hydrogen-bond donors (Lipinski definition) is 2. The Hall–Kier alpha value is -2.89. The van der Waals surface area contributed by atoms with Crippen molar-refractivity contribution >= 4 is 27.8 Å². The first kappa shape index (κ1) is 12.2. The van der Waals surface area contributed by atoms with Crippen molar-refractivity contribution in [1.29, 1.82) is 0 Å². The molecule has 0 aliphatic rings. The number of pyridine rings is 2. The van der Waals surface area contributed by atoms with Crippen LogP contribution in [0, 0.1) is 0 Å². The summed E-state index contributed by atoms with van der Waals surface area (Å²) in [5, 5.41) is 10.0. The number of ether oxygens (including phenoxy) is 1. The van der Waals surface area contributed by atoms with Gasteiger partial charge in [-0.05, 0) is 12.1 Å². The summed E-state index contributed by atoms with van der Waals surface area (Å²) in [6.07, 6.45) is 2.79. The summed E-state index contributed by atoms with van der Waals surface area (Å²) in [5.41, 5.74) is 0.147. The molecule has 6 nitrogen and oxygen atoms in total. The van der Waals surface area contributed by atoms with Crippen LogP contribution < -0.4 is 10.2 Å². The highest BCUT2D eigenvalue weighted by atomic mass is 16.5. The number of hydrogen-bond acceptors (Lipinski definition) is 4. The van der Waals surface area contributed by atoms with Crippen LogP contribution in [-0.2, 0) is 0 Å². The minimum Gasteiger partial charge on any atom is -0.496 e. The van der Waals surface area contributed by atoms with Crippen molar-refractivity contribution in [3.63, 3.8) is 0 Å². The highest BCUT2D eigenvalue weighted by Gasteiger charge is 2.17. The van der Waals surface area contributed by atoms with E-state index in [2.05, 4.69) is 9.97 Å². The molecule has 0 saturated heterocycles. The number of nitrogens with zero attached hydrogens (tertiary/aromatic N) is 1. The molecule has 1 aromatic carbocycles. The van der Waals surface area contributed by atoms with Gasteiger partial charge in [-0.15, -0.1) is 0 Å². The number of nitrogens with one attached hydrogen (secondary N) is 1. The van der Waals surface area contributed by atoms with Crippen molar-refractivity contribution < 1.29 is 14.6 Å². The number of aromatic carboxylic acids is 1. The number of carboxylic acid groups (broad SMARTS) is 1. The van der Waals surface area contributed by atoms with Gasteiger partial charge in [0.05, 0.1) is 23.5 Å². The van der Waals surface area contributed by atoms with Crippen molar-refractivity contribution in [2.75, 3.05) is 7.11 Å². The smallest absolute Gasteiger partial charge is 0.341 e. The molecule has 0 spiro atoms. The molecule has 3 rings (SSSR count). The summed E-state index contributed by atoms with van der Waals surface area (Å²) in [5.74, 6) is -0.957. The van der Waals surface area contributed by atoms with E-state index in [9.17, 15) is 9.59 Å². The summed E-state index contributed by atoms with van der Waals surface area (Å²) in [7, 11) is 1.43. The Kier molecular flexibility index (Phi) is 2.64. The first-order valence-electron chi connectivity index (χ1n) is 5.84. The molecule has 0 radical (unpaired) electrons. The van der Waals surface area contributed by atoms with Gasteiger partial charge in [0.15, 0.2) is 0 Å². The molecule has 20 heavy (non-hydrogen) atoms. The quantitative estimate of drug-likeness (QED) is 0.692. The second kappa shape index (κ2) is 4.34. The lowest BCUT2D eigenvalue weighted by atomic mass is 10.1. The Labute approximate surface area is 112 Å². The van der Waals surface area contributed by atoms with Crippen LogP contribution in [0.4, 0.5) is 0 Å². The number of H-pyrrole nitrogens is 1. The number of aromatic amines is 1. The zero-order chi connectivity index (χ0) is 14.3. The van der Waals surface area contributed by atoms with Crippen molar-refractivity contribution in [1.82, 2.24) is 9.97 Å². The molecule has 2 N–H and O–H groups in total. The maximum Gasteiger partial charge on any atom is 0.341 e. The van der Waals surface area contributed by atoms with Crippen molar-refractivity contribution in [3.8, 4) is 5.75 Å². The molecule has 0 fully saturated rings. The second-order valence-electron chi connectivity index (χ2n) is 4.24. The lowest BCUT2D eigenvalue weighted by Gasteiger charge is -2.08. The molecular weight excluding hydrogens is 260 g/mol. The van der Waals surface area contributed by atoms with Gasteiger partial charge in [-0.3, -0.25) is 9.78 Å². The Morgan fingerprint density at radius 1 is 1.45 bits per heavy atom. The number of benzene rings is 1. The number of fused-ring (bicyclic) bond motifs is 3. The predicted molar refractivity (Wildman–Crippen MR) is 73.4 cm³/mol. The van der Waals surface area contributed by atoms with E-state index in [4.69, 9.17) is 9.84 Å². The van der Waals surface area contributed by atoms with Crippen LogP contribution in [0.2, 0.25) is 0 Å². The summed E-state index contributed by atoms with van der Waals surface area (Å²) in [4.78, 5) is 30.4. The molecule has 6 heteroatoms. The van der Waals surface area contributed by atoms with Crippen molar-refractivity contribution in [2.24, 2.45) is 0 Å². The average Bonchev–Trinajstić information content (AvgIpc) is 2.46. The minimum atomic E-state index is -1.28.